The smallest absolute Gasteiger partial charge is 0.254 e. The van der Waals surface area contributed by atoms with Crippen LogP contribution in [0.2, 0.25) is 0 Å². The largest absolute Gasteiger partial charge is 0.487 e. The summed E-state index contributed by atoms with van der Waals surface area (Å²) >= 11 is 0. The first-order valence-corrected chi connectivity index (χ1v) is 14.1. The molecule has 3 unspecified atom stereocenters. The van der Waals surface area contributed by atoms with E-state index in [0.717, 1.165) is 71.2 Å². The van der Waals surface area contributed by atoms with E-state index in [9.17, 15) is 4.79 Å². The van der Waals surface area contributed by atoms with Gasteiger partial charge in [0.1, 0.15) is 11.4 Å². The Balaban J connectivity index is 1.43. The van der Waals surface area contributed by atoms with Crippen molar-refractivity contribution in [2.45, 2.75) is 51.6 Å². The van der Waals surface area contributed by atoms with Crippen LogP contribution in [0.25, 0.3) is 32.8 Å². The van der Waals surface area contributed by atoms with Gasteiger partial charge in [-0.2, -0.15) is 0 Å². The SMILES string of the molecule is CC1CCC2C(C1)c1c(c3ccccc3c3nc4cc(C(=O)N5CCN(C)CC5)ccc4nc13)OC2(C)C. The number of fused-ring (bicyclic) bond motifs is 9. The molecule has 1 saturated heterocycles. The Labute approximate surface area is 224 Å². The summed E-state index contributed by atoms with van der Waals surface area (Å²) in [6, 6.07) is 14.3. The molecule has 2 fully saturated rings. The third-order valence-corrected chi connectivity index (χ3v) is 9.37. The Kier molecular flexibility index (Phi) is 5.42. The molecule has 3 heterocycles. The molecule has 38 heavy (non-hydrogen) atoms. The van der Waals surface area contributed by atoms with Gasteiger partial charge in [-0.1, -0.05) is 37.6 Å². The van der Waals surface area contributed by atoms with Crippen LogP contribution >= 0.6 is 0 Å². The molecule has 1 saturated carbocycles. The number of likely N-dealkylation sites (N-methyl/N-ethyl adjacent to an activating group) is 1. The van der Waals surface area contributed by atoms with Crippen molar-refractivity contribution in [1.82, 2.24) is 19.8 Å². The lowest BCUT2D eigenvalue weighted by Crippen LogP contribution is -2.47. The van der Waals surface area contributed by atoms with Crippen LogP contribution in [0, 0.1) is 11.8 Å². The quantitative estimate of drug-likeness (QED) is 0.233. The molecule has 3 aliphatic rings. The van der Waals surface area contributed by atoms with E-state index in [2.05, 4.69) is 57.0 Å². The Hall–Kier alpha value is -3.25. The maximum absolute atomic E-state index is 13.3. The lowest BCUT2D eigenvalue weighted by atomic mass is 9.64. The number of amides is 1. The minimum Gasteiger partial charge on any atom is -0.487 e. The van der Waals surface area contributed by atoms with Gasteiger partial charge in [0.15, 0.2) is 0 Å². The highest BCUT2D eigenvalue weighted by atomic mass is 16.5. The maximum atomic E-state index is 13.3. The Bertz CT molecular complexity index is 1590. The number of carbonyl (C=O) groups is 1. The van der Waals surface area contributed by atoms with Crippen LogP contribution < -0.4 is 4.74 Å². The topological polar surface area (TPSA) is 58.6 Å². The fraction of sp³-hybridized carbons (Fsp3) is 0.469. The van der Waals surface area contributed by atoms with Crippen LogP contribution in [0.15, 0.2) is 42.5 Å². The zero-order chi connectivity index (χ0) is 26.2. The summed E-state index contributed by atoms with van der Waals surface area (Å²) in [5, 5.41) is 2.17. The van der Waals surface area contributed by atoms with Crippen LogP contribution in [0.5, 0.6) is 5.75 Å². The Morgan fingerprint density at radius 3 is 2.47 bits per heavy atom. The van der Waals surface area contributed by atoms with Crippen LogP contribution in [0.1, 0.15) is 61.9 Å². The molecule has 1 aliphatic carbocycles. The van der Waals surface area contributed by atoms with Crippen molar-refractivity contribution in [2.24, 2.45) is 11.8 Å². The molecule has 7 rings (SSSR count). The van der Waals surface area contributed by atoms with E-state index < -0.39 is 0 Å². The predicted molar refractivity (Wildman–Crippen MR) is 152 cm³/mol. The van der Waals surface area contributed by atoms with Crippen molar-refractivity contribution in [3.8, 4) is 5.75 Å². The Morgan fingerprint density at radius 1 is 0.947 bits per heavy atom. The molecule has 3 aromatic carbocycles. The van der Waals surface area contributed by atoms with Gasteiger partial charge in [0, 0.05) is 54.0 Å². The summed E-state index contributed by atoms with van der Waals surface area (Å²) in [6.07, 6.45) is 3.56. The molecule has 6 heteroatoms. The highest BCUT2D eigenvalue weighted by Crippen LogP contribution is 2.56. The number of hydrogen-bond acceptors (Lipinski definition) is 5. The molecule has 196 valence electrons. The van der Waals surface area contributed by atoms with Gasteiger partial charge in [0.25, 0.3) is 5.91 Å². The molecule has 0 bridgehead atoms. The van der Waals surface area contributed by atoms with Gasteiger partial charge in [-0.3, -0.25) is 4.79 Å². The first kappa shape index (κ1) is 23.8. The van der Waals surface area contributed by atoms with Gasteiger partial charge in [-0.05, 0) is 63.8 Å². The highest BCUT2D eigenvalue weighted by molar-refractivity contribution is 6.11. The van der Waals surface area contributed by atoms with Crippen molar-refractivity contribution in [2.75, 3.05) is 33.2 Å². The van der Waals surface area contributed by atoms with Crippen LogP contribution in [0.4, 0.5) is 0 Å². The van der Waals surface area contributed by atoms with Crippen LogP contribution in [0.3, 0.4) is 0 Å². The third-order valence-electron chi connectivity index (χ3n) is 9.37. The molecule has 0 N–H and O–H groups in total. The molecule has 1 aromatic heterocycles. The van der Waals surface area contributed by atoms with E-state index in [0.29, 0.717) is 23.3 Å². The summed E-state index contributed by atoms with van der Waals surface area (Å²) in [7, 11) is 2.10. The number of carbonyl (C=O) groups excluding carboxylic acids is 1. The third kappa shape index (κ3) is 3.68. The van der Waals surface area contributed by atoms with E-state index >= 15 is 0 Å². The normalized spacial score (nSPS) is 25.3. The lowest BCUT2D eigenvalue weighted by Gasteiger charge is -2.49. The van der Waals surface area contributed by atoms with Gasteiger partial charge in [0.05, 0.1) is 22.1 Å². The molecule has 2 aliphatic heterocycles. The monoisotopic (exact) mass is 508 g/mol. The number of hydrogen-bond donors (Lipinski definition) is 0. The summed E-state index contributed by atoms with van der Waals surface area (Å²) in [5.74, 6) is 2.60. The fourth-order valence-electron chi connectivity index (χ4n) is 7.22. The average Bonchev–Trinajstić information content (AvgIpc) is 2.91. The van der Waals surface area contributed by atoms with Crippen molar-refractivity contribution < 1.29 is 9.53 Å². The second-order valence-electron chi connectivity index (χ2n) is 12.3. The average molecular weight is 509 g/mol. The molecule has 4 aromatic rings. The van der Waals surface area contributed by atoms with E-state index in [1.807, 2.05) is 23.1 Å². The van der Waals surface area contributed by atoms with E-state index in [-0.39, 0.29) is 11.5 Å². The van der Waals surface area contributed by atoms with E-state index in [4.69, 9.17) is 14.7 Å². The lowest BCUT2D eigenvalue weighted by molar-refractivity contribution is -0.0115. The number of benzene rings is 3. The predicted octanol–water partition coefficient (Wildman–Crippen LogP) is 6.01. The summed E-state index contributed by atoms with van der Waals surface area (Å²) in [4.78, 5) is 28.0. The van der Waals surface area contributed by atoms with Crippen LogP contribution in [-0.2, 0) is 0 Å². The highest BCUT2D eigenvalue weighted by Gasteiger charge is 2.47. The molecular formula is C32H36N4O2. The fourth-order valence-corrected chi connectivity index (χ4v) is 7.22. The zero-order valence-electron chi connectivity index (χ0n) is 22.8. The first-order chi connectivity index (χ1) is 18.3. The molecule has 0 spiro atoms. The summed E-state index contributed by atoms with van der Waals surface area (Å²) < 4.78 is 6.86. The molecule has 1 amide bonds. The number of rotatable bonds is 1. The zero-order valence-corrected chi connectivity index (χ0v) is 22.8. The van der Waals surface area contributed by atoms with Crippen molar-refractivity contribution in [3.63, 3.8) is 0 Å². The van der Waals surface area contributed by atoms with E-state index in [1.54, 1.807) is 0 Å². The second kappa shape index (κ2) is 8.63. The molecule has 0 radical (unpaired) electrons. The minimum absolute atomic E-state index is 0.0758. The van der Waals surface area contributed by atoms with Crippen LogP contribution in [-0.4, -0.2) is 64.5 Å². The minimum atomic E-state index is -0.225. The summed E-state index contributed by atoms with van der Waals surface area (Å²) in [6.45, 7) is 10.2. The molecule has 6 nitrogen and oxygen atoms in total. The van der Waals surface area contributed by atoms with Gasteiger partial charge >= 0.3 is 0 Å². The Morgan fingerprint density at radius 2 is 1.68 bits per heavy atom. The van der Waals surface area contributed by atoms with Gasteiger partial charge < -0.3 is 14.5 Å². The van der Waals surface area contributed by atoms with Crippen molar-refractivity contribution in [3.05, 3.63) is 53.6 Å². The standard InChI is InChI=1S/C32H36N4O2/c1-19-9-11-24-23(17-19)27-29-28(21-7-5-6-8-22(21)30(27)38-32(24,2)3)34-26-18-20(10-12-25(26)33-29)31(37)36-15-13-35(4)14-16-36/h5-8,10,12,18-19,23-24H,9,11,13-17H2,1-4H3. The number of nitrogens with zero attached hydrogens (tertiary/aromatic N) is 4. The van der Waals surface area contributed by atoms with Crippen molar-refractivity contribution in [1.29, 1.82) is 0 Å². The van der Waals surface area contributed by atoms with Gasteiger partial charge in [-0.25, -0.2) is 9.97 Å². The summed E-state index contributed by atoms with van der Waals surface area (Å²) in [5.41, 5.74) is 5.17. The second-order valence-corrected chi connectivity index (χ2v) is 12.3. The number of piperazine rings is 1. The van der Waals surface area contributed by atoms with E-state index in [1.165, 1.54) is 18.4 Å². The van der Waals surface area contributed by atoms with Gasteiger partial charge in [-0.15, -0.1) is 0 Å². The number of aromatic nitrogens is 2. The van der Waals surface area contributed by atoms with Crippen molar-refractivity contribution >= 4 is 38.7 Å². The maximum Gasteiger partial charge on any atom is 0.254 e. The van der Waals surface area contributed by atoms with Gasteiger partial charge in [0.2, 0.25) is 0 Å². The molecular weight excluding hydrogens is 472 g/mol. The molecule has 3 atom stereocenters. The number of ether oxygens (including phenoxy) is 1. The first-order valence-electron chi connectivity index (χ1n) is 14.1.